The molecule has 0 aliphatic heterocycles. The standard InChI is InChI=1S/C12H12FIN2O/c1-2-16-6-5-15-12(16)11(17)9-4-3-8(13)7-10(9)14/h3-7,11,17H,2H2,1H3. The molecule has 0 bridgehead atoms. The van der Waals surface area contributed by atoms with Crippen LogP contribution in [0.2, 0.25) is 0 Å². The molecule has 0 fully saturated rings. The first-order chi connectivity index (χ1) is 8.13. The van der Waals surface area contributed by atoms with Crippen LogP contribution in [0.5, 0.6) is 0 Å². The number of aryl methyl sites for hydroxylation is 1. The number of hydrogen-bond donors (Lipinski definition) is 1. The maximum atomic E-state index is 13.0. The Hall–Kier alpha value is -0.950. The summed E-state index contributed by atoms with van der Waals surface area (Å²) < 4.78 is 15.6. The molecule has 1 aromatic carbocycles. The topological polar surface area (TPSA) is 38.0 Å². The first-order valence-corrected chi connectivity index (χ1v) is 6.35. The van der Waals surface area contributed by atoms with Crippen molar-refractivity contribution in [1.29, 1.82) is 0 Å². The van der Waals surface area contributed by atoms with Crippen LogP contribution in [0.15, 0.2) is 30.6 Å². The van der Waals surface area contributed by atoms with Crippen LogP contribution < -0.4 is 0 Å². The van der Waals surface area contributed by atoms with Crippen molar-refractivity contribution in [3.8, 4) is 0 Å². The fourth-order valence-corrected chi connectivity index (χ4v) is 2.47. The third-order valence-electron chi connectivity index (χ3n) is 2.59. The average molecular weight is 346 g/mol. The van der Waals surface area contributed by atoms with Gasteiger partial charge in [-0.25, -0.2) is 9.37 Å². The molecule has 5 heteroatoms. The predicted octanol–water partition coefficient (Wildman–Crippen LogP) is 2.73. The summed E-state index contributed by atoms with van der Waals surface area (Å²) in [5.74, 6) is 0.279. The summed E-state index contributed by atoms with van der Waals surface area (Å²) >= 11 is 2.01. The van der Waals surface area contributed by atoms with Gasteiger partial charge in [0.1, 0.15) is 17.7 Å². The van der Waals surface area contributed by atoms with Crippen molar-refractivity contribution in [1.82, 2.24) is 9.55 Å². The Kier molecular flexibility index (Phi) is 3.78. The van der Waals surface area contributed by atoms with E-state index in [4.69, 9.17) is 0 Å². The second kappa shape index (κ2) is 5.14. The van der Waals surface area contributed by atoms with Crippen molar-refractivity contribution < 1.29 is 9.50 Å². The molecule has 0 saturated carbocycles. The molecule has 90 valence electrons. The first kappa shape index (κ1) is 12.5. The minimum atomic E-state index is -0.822. The van der Waals surface area contributed by atoms with E-state index < -0.39 is 6.10 Å². The highest BCUT2D eigenvalue weighted by Gasteiger charge is 2.18. The molecule has 2 rings (SSSR count). The van der Waals surface area contributed by atoms with Crippen molar-refractivity contribution in [2.45, 2.75) is 19.6 Å². The van der Waals surface area contributed by atoms with Gasteiger partial charge in [-0.1, -0.05) is 6.07 Å². The zero-order chi connectivity index (χ0) is 12.4. The van der Waals surface area contributed by atoms with Crippen molar-refractivity contribution in [2.24, 2.45) is 0 Å². The van der Waals surface area contributed by atoms with E-state index in [1.807, 2.05) is 40.3 Å². The Morgan fingerprint density at radius 3 is 2.94 bits per heavy atom. The van der Waals surface area contributed by atoms with E-state index in [0.717, 1.165) is 6.54 Å². The van der Waals surface area contributed by atoms with Gasteiger partial charge < -0.3 is 9.67 Å². The molecule has 0 radical (unpaired) electrons. The number of halogens is 2. The average Bonchev–Trinajstić information content (AvgIpc) is 2.76. The van der Waals surface area contributed by atoms with Gasteiger partial charge in [-0.15, -0.1) is 0 Å². The van der Waals surface area contributed by atoms with Gasteiger partial charge in [0.25, 0.3) is 0 Å². The van der Waals surface area contributed by atoms with Crippen LogP contribution in [0.3, 0.4) is 0 Å². The van der Waals surface area contributed by atoms with Crippen LogP contribution in [-0.2, 0) is 6.54 Å². The number of hydrogen-bond acceptors (Lipinski definition) is 2. The van der Waals surface area contributed by atoms with Crippen LogP contribution in [0.1, 0.15) is 24.4 Å². The maximum Gasteiger partial charge on any atom is 0.142 e. The predicted molar refractivity (Wildman–Crippen MR) is 71.1 cm³/mol. The van der Waals surface area contributed by atoms with Crippen LogP contribution >= 0.6 is 22.6 Å². The molecule has 17 heavy (non-hydrogen) atoms. The smallest absolute Gasteiger partial charge is 0.142 e. The molecule has 0 spiro atoms. The van der Waals surface area contributed by atoms with E-state index in [1.165, 1.54) is 12.1 Å². The summed E-state index contributed by atoms with van der Waals surface area (Å²) in [5.41, 5.74) is 0.674. The Bertz CT molecular complexity index is 527. The summed E-state index contributed by atoms with van der Waals surface area (Å²) in [7, 11) is 0. The number of rotatable bonds is 3. The maximum absolute atomic E-state index is 13.0. The number of benzene rings is 1. The third-order valence-corrected chi connectivity index (χ3v) is 3.52. The largest absolute Gasteiger partial charge is 0.380 e. The number of aliphatic hydroxyl groups is 1. The van der Waals surface area contributed by atoms with Crippen molar-refractivity contribution in [3.63, 3.8) is 0 Å². The molecule has 3 nitrogen and oxygen atoms in total. The molecular formula is C12H12FIN2O. The van der Waals surface area contributed by atoms with Crippen LogP contribution in [0, 0.1) is 9.39 Å². The zero-order valence-corrected chi connectivity index (χ0v) is 11.4. The molecule has 1 N–H and O–H groups in total. The summed E-state index contributed by atoms with van der Waals surface area (Å²) in [6, 6.07) is 4.34. The molecule has 0 aliphatic rings. The molecule has 0 aliphatic carbocycles. The zero-order valence-electron chi connectivity index (χ0n) is 9.27. The van der Waals surface area contributed by atoms with Gasteiger partial charge >= 0.3 is 0 Å². The quantitative estimate of drug-likeness (QED) is 0.868. The lowest BCUT2D eigenvalue weighted by Crippen LogP contribution is -2.10. The SMILES string of the molecule is CCn1ccnc1C(O)c1ccc(F)cc1I. The summed E-state index contributed by atoms with van der Waals surface area (Å²) in [6.07, 6.45) is 2.64. The normalized spacial score (nSPS) is 12.7. The van der Waals surface area contributed by atoms with Gasteiger partial charge in [0.05, 0.1) is 0 Å². The highest BCUT2D eigenvalue weighted by Crippen LogP contribution is 2.25. The lowest BCUT2D eigenvalue weighted by Gasteiger charge is -2.14. The highest BCUT2D eigenvalue weighted by molar-refractivity contribution is 14.1. The van der Waals surface area contributed by atoms with Gasteiger partial charge in [0.2, 0.25) is 0 Å². The summed E-state index contributed by atoms with van der Waals surface area (Å²) in [6.45, 7) is 2.72. The van der Waals surface area contributed by atoms with E-state index in [9.17, 15) is 9.50 Å². The minimum absolute atomic E-state index is 0.302. The van der Waals surface area contributed by atoms with Gasteiger partial charge in [-0.05, 0) is 41.6 Å². The Morgan fingerprint density at radius 2 is 2.29 bits per heavy atom. The Labute approximate surface area is 112 Å². The van der Waals surface area contributed by atoms with Crippen LogP contribution in [0.4, 0.5) is 4.39 Å². The molecule has 0 saturated heterocycles. The molecular weight excluding hydrogens is 334 g/mol. The monoisotopic (exact) mass is 346 g/mol. The molecule has 1 unspecified atom stereocenters. The second-order valence-corrected chi connectivity index (χ2v) is 4.80. The van der Waals surface area contributed by atoms with Crippen molar-refractivity contribution in [3.05, 3.63) is 51.4 Å². The van der Waals surface area contributed by atoms with Crippen LogP contribution in [-0.4, -0.2) is 14.7 Å². The highest BCUT2D eigenvalue weighted by atomic mass is 127. The number of aliphatic hydroxyl groups excluding tert-OH is 1. The summed E-state index contributed by atoms with van der Waals surface area (Å²) in [5, 5.41) is 10.3. The van der Waals surface area contributed by atoms with E-state index in [2.05, 4.69) is 4.98 Å². The number of aromatic nitrogens is 2. The fourth-order valence-electron chi connectivity index (χ4n) is 1.70. The molecule has 1 atom stereocenters. The Balaban J connectivity index is 2.40. The Morgan fingerprint density at radius 1 is 1.53 bits per heavy atom. The van der Waals surface area contributed by atoms with E-state index in [-0.39, 0.29) is 5.82 Å². The first-order valence-electron chi connectivity index (χ1n) is 5.27. The van der Waals surface area contributed by atoms with Gasteiger partial charge in [0.15, 0.2) is 0 Å². The second-order valence-electron chi connectivity index (χ2n) is 3.64. The molecule has 0 amide bonds. The van der Waals surface area contributed by atoms with E-state index >= 15 is 0 Å². The van der Waals surface area contributed by atoms with Gasteiger partial charge in [-0.2, -0.15) is 0 Å². The van der Waals surface area contributed by atoms with Crippen molar-refractivity contribution >= 4 is 22.6 Å². The van der Waals surface area contributed by atoms with Crippen molar-refractivity contribution in [2.75, 3.05) is 0 Å². The van der Waals surface area contributed by atoms with E-state index in [0.29, 0.717) is 15.0 Å². The molecule has 2 aromatic rings. The third kappa shape index (κ3) is 2.50. The summed E-state index contributed by atoms with van der Waals surface area (Å²) in [4.78, 5) is 4.14. The lowest BCUT2D eigenvalue weighted by molar-refractivity contribution is 0.204. The number of imidazole rings is 1. The molecule has 1 heterocycles. The minimum Gasteiger partial charge on any atom is -0.380 e. The van der Waals surface area contributed by atoms with Crippen LogP contribution in [0.25, 0.3) is 0 Å². The lowest BCUT2D eigenvalue weighted by atomic mass is 10.1. The van der Waals surface area contributed by atoms with Gasteiger partial charge in [-0.3, -0.25) is 0 Å². The fraction of sp³-hybridized carbons (Fsp3) is 0.250. The number of nitrogens with zero attached hydrogens (tertiary/aromatic N) is 2. The van der Waals surface area contributed by atoms with Gasteiger partial charge in [0, 0.05) is 28.1 Å². The van der Waals surface area contributed by atoms with E-state index in [1.54, 1.807) is 12.3 Å². The molecule has 1 aromatic heterocycles.